The fourth-order valence-electron chi connectivity index (χ4n) is 1.83. The Morgan fingerprint density at radius 1 is 1.54 bits per heavy atom. The zero-order valence-corrected chi connectivity index (χ0v) is 10.2. The van der Waals surface area contributed by atoms with E-state index in [0.29, 0.717) is 6.04 Å². The van der Waals surface area contributed by atoms with Crippen LogP contribution in [0.3, 0.4) is 0 Å². The molecule has 1 aromatic heterocycles. The van der Waals surface area contributed by atoms with E-state index < -0.39 is 0 Å². The van der Waals surface area contributed by atoms with Crippen molar-refractivity contribution in [3.8, 4) is 0 Å². The Balaban J connectivity index is 2.18. The molecule has 0 radical (unpaired) electrons. The second-order valence-electron chi connectivity index (χ2n) is 3.58. The van der Waals surface area contributed by atoms with Crippen LogP contribution in [0.25, 0.3) is 0 Å². The molecule has 0 aliphatic carbocycles. The number of hydrogen-bond donors (Lipinski definition) is 1. The second-order valence-corrected chi connectivity index (χ2v) is 5.34. The molecular formula is C10H14BrNS. The van der Waals surface area contributed by atoms with Gasteiger partial charge in [-0.15, -0.1) is 11.3 Å². The maximum absolute atomic E-state index is 3.58. The Morgan fingerprint density at radius 3 is 2.92 bits per heavy atom. The van der Waals surface area contributed by atoms with Crippen LogP contribution in [0.5, 0.6) is 0 Å². The highest BCUT2D eigenvalue weighted by Crippen LogP contribution is 2.34. The van der Waals surface area contributed by atoms with Gasteiger partial charge in [0.1, 0.15) is 0 Å². The summed E-state index contributed by atoms with van der Waals surface area (Å²) in [7, 11) is 0. The SMILES string of the molecule is Cc1c(Br)csc1[C@H]1CCCCN1. The van der Waals surface area contributed by atoms with Crippen LogP contribution in [-0.4, -0.2) is 6.54 Å². The fourth-order valence-corrected chi connectivity index (χ4v) is 3.51. The van der Waals surface area contributed by atoms with Crippen molar-refractivity contribution < 1.29 is 0 Å². The lowest BCUT2D eigenvalue weighted by atomic mass is 10.0. The van der Waals surface area contributed by atoms with Crippen LogP contribution in [0, 0.1) is 6.92 Å². The topological polar surface area (TPSA) is 12.0 Å². The maximum atomic E-state index is 3.58. The van der Waals surface area contributed by atoms with E-state index in [9.17, 15) is 0 Å². The van der Waals surface area contributed by atoms with Gasteiger partial charge in [0.2, 0.25) is 0 Å². The third-order valence-corrected chi connectivity index (χ3v) is 4.97. The smallest absolute Gasteiger partial charge is 0.0417 e. The van der Waals surface area contributed by atoms with Gasteiger partial charge < -0.3 is 5.32 Å². The summed E-state index contributed by atoms with van der Waals surface area (Å²) < 4.78 is 1.26. The first-order chi connectivity index (χ1) is 6.29. The summed E-state index contributed by atoms with van der Waals surface area (Å²) in [5, 5.41) is 5.77. The summed E-state index contributed by atoms with van der Waals surface area (Å²) >= 11 is 5.44. The van der Waals surface area contributed by atoms with Crippen molar-refractivity contribution >= 4 is 27.3 Å². The molecule has 1 atom stereocenters. The molecule has 0 amide bonds. The van der Waals surface area contributed by atoms with Crippen LogP contribution in [0.2, 0.25) is 0 Å². The first kappa shape index (κ1) is 9.69. The van der Waals surface area contributed by atoms with Gasteiger partial charge in [0, 0.05) is 20.8 Å². The molecule has 3 heteroatoms. The Bertz CT molecular complexity index is 289. The molecule has 72 valence electrons. The average molecular weight is 260 g/mol. The van der Waals surface area contributed by atoms with Gasteiger partial charge in [-0.05, 0) is 47.8 Å². The Labute approximate surface area is 91.7 Å². The third-order valence-electron chi connectivity index (χ3n) is 2.64. The third kappa shape index (κ3) is 1.97. The maximum Gasteiger partial charge on any atom is 0.0417 e. The summed E-state index contributed by atoms with van der Waals surface area (Å²) in [5.74, 6) is 0. The molecular weight excluding hydrogens is 246 g/mol. The van der Waals surface area contributed by atoms with E-state index in [2.05, 4.69) is 33.6 Å². The predicted octanol–water partition coefficient (Wildman–Crippen LogP) is 3.63. The summed E-state index contributed by atoms with van der Waals surface area (Å²) in [6, 6.07) is 0.616. The molecule has 0 saturated carbocycles. The van der Waals surface area contributed by atoms with Gasteiger partial charge in [-0.1, -0.05) is 6.42 Å². The lowest BCUT2D eigenvalue weighted by Crippen LogP contribution is -2.26. The van der Waals surface area contributed by atoms with Crippen LogP contribution in [0.4, 0.5) is 0 Å². The van der Waals surface area contributed by atoms with Gasteiger partial charge in [-0.3, -0.25) is 0 Å². The van der Waals surface area contributed by atoms with Gasteiger partial charge in [0.05, 0.1) is 0 Å². The molecule has 0 bridgehead atoms. The van der Waals surface area contributed by atoms with Crippen LogP contribution in [-0.2, 0) is 0 Å². The minimum atomic E-state index is 0.616. The number of thiophene rings is 1. The van der Waals surface area contributed by atoms with Crippen molar-refractivity contribution in [3.05, 3.63) is 20.3 Å². The molecule has 1 aliphatic rings. The van der Waals surface area contributed by atoms with Crippen molar-refractivity contribution in [3.63, 3.8) is 0 Å². The monoisotopic (exact) mass is 259 g/mol. The van der Waals surface area contributed by atoms with Crippen molar-refractivity contribution in [2.24, 2.45) is 0 Å². The molecule has 0 unspecified atom stereocenters. The van der Waals surface area contributed by atoms with E-state index in [4.69, 9.17) is 0 Å². The summed E-state index contributed by atoms with van der Waals surface area (Å²) in [5.41, 5.74) is 1.42. The molecule has 1 saturated heterocycles. The Kier molecular flexibility index (Phi) is 3.06. The van der Waals surface area contributed by atoms with E-state index in [-0.39, 0.29) is 0 Å². The molecule has 2 heterocycles. The molecule has 0 aromatic carbocycles. The van der Waals surface area contributed by atoms with Crippen molar-refractivity contribution in [2.75, 3.05) is 6.54 Å². The molecule has 0 spiro atoms. The van der Waals surface area contributed by atoms with Gasteiger partial charge in [-0.25, -0.2) is 0 Å². The zero-order chi connectivity index (χ0) is 9.26. The summed E-state index contributed by atoms with van der Waals surface area (Å²) in [6.07, 6.45) is 4.00. The van der Waals surface area contributed by atoms with E-state index >= 15 is 0 Å². The molecule has 1 N–H and O–H groups in total. The van der Waals surface area contributed by atoms with E-state index in [0.717, 1.165) is 0 Å². The Morgan fingerprint density at radius 2 is 2.38 bits per heavy atom. The Hall–Kier alpha value is 0.140. The normalized spacial score (nSPS) is 23.4. The molecule has 1 aromatic rings. The molecule has 2 rings (SSSR count). The highest BCUT2D eigenvalue weighted by Gasteiger charge is 2.18. The predicted molar refractivity (Wildman–Crippen MR) is 61.4 cm³/mol. The number of halogens is 1. The first-order valence-corrected chi connectivity index (χ1v) is 6.43. The first-order valence-electron chi connectivity index (χ1n) is 4.76. The van der Waals surface area contributed by atoms with E-state index in [1.54, 1.807) is 0 Å². The highest BCUT2D eigenvalue weighted by molar-refractivity contribution is 9.10. The van der Waals surface area contributed by atoms with Crippen LogP contribution in [0.15, 0.2) is 9.85 Å². The van der Waals surface area contributed by atoms with Crippen LogP contribution < -0.4 is 5.32 Å². The average Bonchev–Trinajstić information content (AvgIpc) is 2.49. The lowest BCUT2D eigenvalue weighted by molar-refractivity contribution is 0.416. The van der Waals surface area contributed by atoms with Crippen molar-refractivity contribution in [2.45, 2.75) is 32.2 Å². The van der Waals surface area contributed by atoms with Crippen molar-refractivity contribution in [1.29, 1.82) is 0 Å². The van der Waals surface area contributed by atoms with E-state index in [1.807, 2.05) is 11.3 Å². The minimum Gasteiger partial charge on any atom is -0.309 e. The van der Waals surface area contributed by atoms with Gasteiger partial charge in [0.25, 0.3) is 0 Å². The molecule has 13 heavy (non-hydrogen) atoms. The molecule has 1 aliphatic heterocycles. The minimum absolute atomic E-state index is 0.616. The van der Waals surface area contributed by atoms with Crippen LogP contribution >= 0.6 is 27.3 Å². The molecule has 1 nitrogen and oxygen atoms in total. The zero-order valence-electron chi connectivity index (χ0n) is 7.77. The number of piperidine rings is 1. The van der Waals surface area contributed by atoms with Gasteiger partial charge in [0.15, 0.2) is 0 Å². The van der Waals surface area contributed by atoms with Gasteiger partial charge >= 0.3 is 0 Å². The largest absolute Gasteiger partial charge is 0.309 e. The second kappa shape index (κ2) is 4.11. The lowest BCUT2D eigenvalue weighted by Gasteiger charge is -2.23. The van der Waals surface area contributed by atoms with E-state index in [1.165, 1.54) is 40.7 Å². The van der Waals surface area contributed by atoms with Gasteiger partial charge in [-0.2, -0.15) is 0 Å². The summed E-state index contributed by atoms with van der Waals surface area (Å²) in [4.78, 5) is 1.52. The highest BCUT2D eigenvalue weighted by atomic mass is 79.9. The number of nitrogens with one attached hydrogen (secondary N) is 1. The fraction of sp³-hybridized carbons (Fsp3) is 0.600. The quantitative estimate of drug-likeness (QED) is 0.813. The summed E-state index contributed by atoms with van der Waals surface area (Å²) in [6.45, 7) is 3.38. The van der Waals surface area contributed by atoms with Crippen molar-refractivity contribution in [1.82, 2.24) is 5.32 Å². The number of hydrogen-bond acceptors (Lipinski definition) is 2. The molecule has 1 fully saturated rings. The standard InChI is InChI=1S/C10H14BrNS/c1-7-8(11)6-13-10(7)9-4-2-3-5-12-9/h6,9,12H,2-5H2,1H3/t9-/m1/s1. The van der Waals surface area contributed by atoms with Crippen LogP contribution in [0.1, 0.15) is 35.7 Å². The number of rotatable bonds is 1.